The van der Waals surface area contributed by atoms with Crippen LogP contribution >= 0.6 is 0 Å². The molecule has 6 nitrogen and oxygen atoms in total. The molecule has 0 bridgehead atoms. The molecule has 0 spiro atoms. The first-order valence-electron chi connectivity index (χ1n) is 9.25. The summed E-state index contributed by atoms with van der Waals surface area (Å²) in [6, 6.07) is 7.59. The zero-order chi connectivity index (χ0) is 17.5. The van der Waals surface area contributed by atoms with Crippen LogP contribution in [0, 0.1) is 0 Å². The summed E-state index contributed by atoms with van der Waals surface area (Å²) in [6.45, 7) is 2.54. The van der Waals surface area contributed by atoms with E-state index in [0.717, 1.165) is 43.7 Å². The first-order chi connectivity index (χ1) is 12.2. The Morgan fingerprint density at radius 2 is 1.88 bits per heavy atom. The van der Waals surface area contributed by atoms with E-state index in [9.17, 15) is 9.59 Å². The molecule has 0 radical (unpaired) electrons. The molecule has 0 aliphatic carbocycles. The Hall–Kier alpha value is -2.24. The van der Waals surface area contributed by atoms with Gasteiger partial charge in [-0.15, -0.1) is 0 Å². The predicted octanol–water partition coefficient (Wildman–Crippen LogP) is 2.08. The van der Waals surface area contributed by atoms with Crippen molar-refractivity contribution in [2.24, 2.45) is 0 Å². The minimum absolute atomic E-state index is 0.0452. The summed E-state index contributed by atoms with van der Waals surface area (Å²) < 4.78 is 5.67. The van der Waals surface area contributed by atoms with Gasteiger partial charge in [-0.3, -0.25) is 4.79 Å². The quantitative estimate of drug-likeness (QED) is 0.878. The molecule has 0 saturated carbocycles. The number of ether oxygens (including phenoxy) is 1. The average Bonchev–Trinajstić information content (AvgIpc) is 2.91. The van der Waals surface area contributed by atoms with Crippen molar-refractivity contribution in [1.82, 2.24) is 15.5 Å². The van der Waals surface area contributed by atoms with Crippen molar-refractivity contribution in [3.05, 3.63) is 29.8 Å². The summed E-state index contributed by atoms with van der Waals surface area (Å²) in [4.78, 5) is 26.2. The molecule has 2 heterocycles. The number of amides is 3. The highest BCUT2D eigenvalue weighted by Crippen LogP contribution is 2.23. The number of hydrogen-bond donors (Lipinski definition) is 2. The minimum Gasteiger partial charge on any atom is -0.491 e. The molecule has 1 aromatic rings. The fourth-order valence-corrected chi connectivity index (χ4v) is 3.42. The standard InChI is InChI=1S/C19H27N3O3/c23-18(22-11-5-1-2-6-12-22)9-10-20-19(24)21-16-13-15-7-3-4-8-17(15)25-14-16/h3-4,7-8,16H,1-2,5-6,9-14H2,(H2,20,21,24)/t16-/m1/s1. The second-order valence-electron chi connectivity index (χ2n) is 6.77. The molecule has 0 aromatic heterocycles. The maximum absolute atomic E-state index is 12.2. The SMILES string of the molecule is O=C(NCCC(=O)N1CCCCCC1)N[C@H]1COc2ccccc2C1. The summed E-state index contributed by atoms with van der Waals surface area (Å²) >= 11 is 0. The van der Waals surface area contributed by atoms with E-state index in [1.54, 1.807) is 0 Å². The molecule has 2 aliphatic heterocycles. The van der Waals surface area contributed by atoms with Crippen LogP contribution in [0.4, 0.5) is 4.79 Å². The van der Waals surface area contributed by atoms with Gasteiger partial charge in [0.15, 0.2) is 0 Å². The minimum atomic E-state index is -0.239. The number of carbonyl (C=O) groups excluding carboxylic acids is 2. The van der Waals surface area contributed by atoms with Crippen LogP contribution in [-0.2, 0) is 11.2 Å². The summed E-state index contributed by atoms with van der Waals surface area (Å²) in [7, 11) is 0. The molecular weight excluding hydrogens is 318 g/mol. The fraction of sp³-hybridized carbons (Fsp3) is 0.579. The number of para-hydroxylation sites is 1. The van der Waals surface area contributed by atoms with Gasteiger partial charge in [0.2, 0.25) is 5.91 Å². The Bertz CT molecular complexity index is 597. The smallest absolute Gasteiger partial charge is 0.315 e. The van der Waals surface area contributed by atoms with Crippen molar-refractivity contribution >= 4 is 11.9 Å². The lowest BCUT2D eigenvalue weighted by molar-refractivity contribution is -0.131. The van der Waals surface area contributed by atoms with Crippen LogP contribution in [0.2, 0.25) is 0 Å². The molecule has 136 valence electrons. The van der Waals surface area contributed by atoms with Crippen molar-refractivity contribution in [2.75, 3.05) is 26.2 Å². The molecular formula is C19H27N3O3. The van der Waals surface area contributed by atoms with Crippen molar-refractivity contribution in [3.8, 4) is 5.75 Å². The van der Waals surface area contributed by atoms with Crippen molar-refractivity contribution in [1.29, 1.82) is 0 Å². The van der Waals surface area contributed by atoms with Crippen LogP contribution in [0.15, 0.2) is 24.3 Å². The topological polar surface area (TPSA) is 70.7 Å². The van der Waals surface area contributed by atoms with Gasteiger partial charge < -0.3 is 20.3 Å². The largest absolute Gasteiger partial charge is 0.491 e. The summed E-state index contributed by atoms with van der Waals surface area (Å²) in [5.74, 6) is 1.03. The molecule has 1 atom stereocenters. The summed E-state index contributed by atoms with van der Waals surface area (Å²) in [6.07, 6.45) is 5.70. The number of benzene rings is 1. The highest BCUT2D eigenvalue weighted by atomic mass is 16.5. The monoisotopic (exact) mass is 345 g/mol. The van der Waals surface area contributed by atoms with Crippen LogP contribution in [-0.4, -0.2) is 49.1 Å². The van der Waals surface area contributed by atoms with E-state index >= 15 is 0 Å². The Morgan fingerprint density at radius 1 is 1.12 bits per heavy atom. The molecule has 25 heavy (non-hydrogen) atoms. The van der Waals surface area contributed by atoms with Gasteiger partial charge in [0.25, 0.3) is 0 Å². The summed E-state index contributed by atoms with van der Waals surface area (Å²) in [5, 5.41) is 5.71. The number of likely N-dealkylation sites (tertiary alicyclic amines) is 1. The van der Waals surface area contributed by atoms with Gasteiger partial charge in [-0.2, -0.15) is 0 Å². The maximum atomic E-state index is 12.2. The van der Waals surface area contributed by atoms with Gasteiger partial charge in [-0.25, -0.2) is 4.79 Å². The molecule has 2 aliphatic rings. The third-order valence-corrected chi connectivity index (χ3v) is 4.80. The van der Waals surface area contributed by atoms with E-state index < -0.39 is 0 Å². The average molecular weight is 345 g/mol. The second kappa shape index (κ2) is 8.74. The highest BCUT2D eigenvalue weighted by Gasteiger charge is 2.21. The van der Waals surface area contributed by atoms with Gasteiger partial charge in [-0.1, -0.05) is 31.0 Å². The lowest BCUT2D eigenvalue weighted by atomic mass is 10.0. The fourth-order valence-electron chi connectivity index (χ4n) is 3.42. The van der Waals surface area contributed by atoms with E-state index in [2.05, 4.69) is 10.6 Å². The van der Waals surface area contributed by atoms with Gasteiger partial charge in [0, 0.05) is 26.1 Å². The Kier molecular flexibility index (Phi) is 6.14. The van der Waals surface area contributed by atoms with Gasteiger partial charge in [0.05, 0.1) is 6.04 Å². The number of urea groups is 1. The molecule has 1 fully saturated rings. The lowest BCUT2D eigenvalue weighted by Crippen LogP contribution is -2.47. The number of hydrogen-bond acceptors (Lipinski definition) is 3. The lowest BCUT2D eigenvalue weighted by Gasteiger charge is -2.26. The van der Waals surface area contributed by atoms with Crippen LogP contribution in [0.25, 0.3) is 0 Å². The zero-order valence-corrected chi connectivity index (χ0v) is 14.6. The molecule has 1 aromatic carbocycles. The molecule has 1 saturated heterocycles. The third kappa shape index (κ3) is 5.11. The normalized spacial score (nSPS) is 20.0. The van der Waals surface area contributed by atoms with Crippen molar-refractivity contribution in [2.45, 2.75) is 44.6 Å². The number of nitrogens with zero attached hydrogens (tertiary/aromatic N) is 1. The van der Waals surface area contributed by atoms with Gasteiger partial charge >= 0.3 is 6.03 Å². The van der Waals surface area contributed by atoms with E-state index in [4.69, 9.17) is 4.74 Å². The third-order valence-electron chi connectivity index (χ3n) is 4.80. The zero-order valence-electron chi connectivity index (χ0n) is 14.6. The highest BCUT2D eigenvalue weighted by molar-refractivity contribution is 5.78. The van der Waals surface area contributed by atoms with Crippen LogP contribution in [0.5, 0.6) is 5.75 Å². The van der Waals surface area contributed by atoms with Crippen molar-refractivity contribution < 1.29 is 14.3 Å². The van der Waals surface area contributed by atoms with E-state index in [1.165, 1.54) is 12.8 Å². The Balaban J connectivity index is 1.36. The first-order valence-corrected chi connectivity index (χ1v) is 9.25. The predicted molar refractivity (Wildman–Crippen MR) is 95.6 cm³/mol. The second-order valence-corrected chi connectivity index (χ2v) is 6.77. The molecule has 2 N–H and O–H groups in total. The van der Waals surface area contributed by atoms with E-state index in [0.29, 0.717) is 19.6 Å². The first kappa shape index (κ1) is 17.6. The molecule has 0 unspecified atom stereocenters. The molecule has 3 amide bonds. The Morgan fingerprint density at radius 3 is 2.68 bits per heavy atom. The van der Waals surface area contributed by atoms with Crippen LogP contribution < -0.4 is 15.4 Å². The number of nitrogens with one attached hydrogen (secondary N) is 2. The Labute approximate surface area is 148 Å². The van der Waals surface area contributed by atoms with Crippen LogP contribution in [0.1, 0.15) is 37.7 Å². The number of fused-ring (bicyclic) bond motifs is 1. The van der Waals surface area contributed by atoms with Gasteiger partial charge in [-0.05, 0) is 30.9 Å². The molecule has 6 heteroatoms. The molecule has 3 rings (SSSR count). The number of rotatable bonds is 4. The van der Waals surface area contributed by atoms with Crippen LogP contribution in [0.3, 0.4) is 0 Å². The van der Waals surface area contributed by atoms with E-state index in [1.807, 2.05) is 29.2 Å². The van der Waals surface area contributed by atoms with E-state index in [-0.39, 0.29) is 18.0 Å². The summed E-state index contributed by atoms with van der Waals surface area (Å²) in [5.41, 5.74) is 1.11. The van der Waals surface area contributed by atoms with Gasteiger partial charge in [0.1, 0.15) is 12.4 Å². The number of carbonyl (C=O) groups is 2. The van der Waals surface area contributed by atoms with Crippen molar-refractivity contribution in [3.63, 3.8) is 0 Å². The maximum Gasteiger partial charge on any atom is 0.315 e.